The summed E-state index contributed by atoms with van der Waals surface area (Å²) in [6.45, 7) is 11.5. The van der Waals surface area contributed by atoms with Crippen molar-refractivity contribution in [2.24, 2.45) is 5.92 Å². The summed E-state index contributed by atoms with van der Waals surface area (Å²) in [5, 5.41) is 46.8. The van der Waals surface area contributed by atoms with Crippen molar-refractivity contribution in [1.82, 2.24) is 5.32 Å². The molecule has 2 fully saturated rings. The average Bonchev–Trinajstić information content (AvgIpc) is 3.31. The van der Waals surface area contributed by atoms with Crippen LogP contribution in [0.25, 0.3) is 0 Å². The molecule has 2 aliphatic carbocycles. The van der Waals surface area contributed by atoms with Crippen LogP contribution in [0.5, 0.6) is 17.2 Å². The molecule has 11 atom stereocenters. The number of aliphatic hydroxyl groups excluding tert-OH is 1. The van der Waals surface area contributed by atoms with Crippen LogP contribution in [0.2, 0.25) is 0 Å². The molecule has 5 N–H and O–H groups in total. The number of ether oxygens (including phenoxy) is 7. The van der Waals surface area contributed by atoms with Gasteiger partial charge in [0.2, 0.25) is 5.78 Å². The zero-order chi connectivity index (χ0) is 53.4. The second kappa shape index (κ2) is 24.5. The number of nitrogens with one attached hydrogen (secondary N) is 1. The maximum absolute atomic E-state index is 13.9. The highest BCUT2D eigenvalue weighted by molar-refractivity contribution is 9.09. The number of fused-ring (bicyclic) bond motifs is 3. The Bertz CT molecular complexity index is 2330. The minimum Gasteiger partial charge on any atom is -0.507 e. The Kier molecular flexibility index (Phi) is 20.1. The molecule has 2 saturated heterocycles. The normalized spacial score (nSPS) is 27.6. The quantitative estimate of drug-likeness (QED) is 0.0464. The van der Waals surface area contributed by atoms with Gasteiger partial charge in [-0.15, -0.1) is 0 Å². The van der Waals surface area contributed by atoms with Crippen LogP contribution in [0.15, 0.2) is 18.2 Å². The van der Waals surface area contributed by atoms with E-state index in [1.165, 1.54) is 53.2 Å². The molecule has 2 heterocycles. The standard InChI is InChI=1S/C34H38F3NO11.C12H17BrO7.C2H6/c1-4-5-6-7-11-21(39)33(46)13-17-24(20(14-33)49-22-12-18(27(40)15(2)48-22)38-32(45)34(35,36)37)31(44)26-25(29(17)42)28(41)16-9-8-10-19(47-3)23(16)30(26)43;1-5-8(18-6(2)14)9(19-7(3)15)10(12(16)17-4)20-11(5)13;1-2/h8-10,15,18,20,22,27,40,42,44,46H,4-7,11-14H2,1-3H3,(H,38,45);5,8-11H,1-4H3;1-2H3/t15?,18?,20-,22?,27?,33-;;/m0../s1. The third-order valence-corrected chi connectivity index (χ3v) is 13.4. The summed E-state index contributed by atoms with van der Waals surface area (Å²) in [5.74, 6) is -8.26. The molecule has 9 unspecified atom stereocenters. The van der Waals surface area contributed by atoms with Crippen LogP contribution in [0.3, 0.4) is 0 Å². The smallest absolute Gasteiger partial charge is 0.471 e. The average molecular weight is 1080 g/mol. The molecule has 0 bridgehead atoms. The van der Waals surface area contributed by atoms with Crippen LogP contribution >= 0.6 is 15.9 Å². The number of benzene rings is 2. The molecule has 0 radical (unpaired) electrons. The number of amides is 1. The first kappa shape index (κ1) is 58.4. The fourth-order valence-electron chi connectivity index (χ4n) is 8.86. The highest BCUT2D eigenvalue weighted by Gasteiger charge is 2.52. The van der Waals surface area contributed by atoms with Gasteiger partial charge in [0.15, 0.2) is 30.1 Å². The second-order valence-corrected chi connectivity index (χ2v) is 18.1. The summed E-state index contributed by atoms with van der Waals surface area (Å²) in [7, 11) is 2.47. The maximum atomic E-state index is 13.9. The molecule has 0 saturated carbocycles. The van der Waals surface area contributed by atoms with Crippen molar-refractivity contribution in [1.29, 1.82) is 0 Å². The van der Waals surface area contributed by atoms with Crippen LogP contribution in [0.1, 0.15) is 142 Å². The van der Waals surface area contributed by atoms with Gasteiger partial charge in [-0.25, -0.2) is 4.79 Å². The zero-order valence-electron chi connectivity index (χ0n) is 40.7. The van der Waals surface area contributed by atoms with Crippen molar-refractivity contribution in [2.75, 3.05) is 14.2 Å². The predicted molar refractivity (Wildman–Crippen MR) is 245 cm³/mol. The summed E-state index contributed by atoms with van der Waals surface area (Å²) >= 11 is 3.25. The van der Waals surface area contributed by atoms with E-state index in [0.717, 1.165) is 12.8 Å². The maximum Gasteiger partial charge on any atom is 0.471 e. The number of aromatic hydroxyl groups is 2. The van der Waals surface area contributed by atoms with Gasteiger partial charge in [0, 0.05) is 62.1 Å². The van der Waals surface area contributed by atoms with Gasteiger partial charge in [-0.2, -0.15) is 13.2 Å². The van der Waals surface area contributed by atoms with Gasteiger partial charge in [-0.1, -0.05) is 75.0 Å². The van der Waals surface area contributed by atoms with Gasteiger partial charge in [-0.3, -0.25) is 28.8 Å². The predicted octanol–water partition coefficient (Wildman–Crippen LogP) is 5.50. The van der Waals surface area contributed by atoms with Crippen molar-refractivity contribution in [3.8, 4) is 17.2 Å². The Morgan fingerprint density at radius 3 is 2.10 bits per heavy atom. The number of rotatable bonds is 13. The van der Waals surface area contributed by atoms with Gasteiger partial charge >= 0.3 is 30.0 Å². The fraction of sp³-hybridized carbons (Fsp3) is 0.604. The van der Waals surface area contributed by atoms with Gasteiger partial charge in [-0.05, 0) is 19.4 Å². The minimum absolute atomic E-state index is 0.0315. The number of methoxy groups -OCH3 is 2. The van der Waals surface area contributed by atoms with Gasteiger partial charge in [0.25, 0.3) is 0 Å². The van der Waals surface area contributed by atoms with Crippen molar-refractivity contribution in [3.63, 3.8) is 0 Å². The topological polar surface area (TPSA) is 277 Å². The third-order valence-electron chi connectivity index (χ3n) is 12.3. The van der Waals surface area contributed by atoms with Crippen molar-refractivity contribution in [2.45, 2.75) is 166 Å². The number of carbonyl (C=O) groups excluding carboxylic acids is 7. The summed E-state index contributed by atoms with van der Waals surface area (Å²) in [6, 6.07) is 2.75. The lowest BCUT2D eigenvalue weighted by Crippen LogP contribution is -2.57. The first-order valence-electron chi connectivity index (χ1n) is 23.0. The molecule has 19 nitrogen and oxygen atoms in total. The number of Topliss-reactive ketones (excluding diaryl/α,β-unsaturated/α-hetero) is 1. The van der Waals surface area contributed by atoms with Crippen LogP contribution in [-0.2, 0) is 58.8 Å². The summed E-state index contributed by atoms with van der Waals surface area (Å²) in [4.78, 5) is 87.0. The molecular weight excluding hydrogens is 1020 g/mol. The number of hydrogen-bond acceptors (Lipinski definition) is 18. The third kappa shape index (κ3) is 12.9. The van der Waals surface area contributed by atoms with Crippen LogP contribution in [0, 0.1) is 5.92 Å². The molecule has 71 heavy (non-hydrogen) atoms. The van der Waals surface area contributed by atoms with E-state index in [0.29, 0.717) is 12.8 Å². The molecule has 394 valence electrons. The van der Waals surface area contributed by atoms with Crippen LogP contribution in [-0.4, -0.2) is 135 Å². The number of alkyl halides is 4. The molecule has 0 aromatic heterocycles. The van der Waals surface area contributed by atoms with E-state index in [4.69, 9.17) is 28.4 Å². The SMILES string of the molecule is CC.CCCCCCC(=O)[C@]1(O)Cc2c(O)c3c(c(O)c2[C@@H](OC2CC(NC(=O)C(F)(F)F)C(O)C(C)O2)C1)C(=O)c1c(OC)cccc1C3=O.COC(=O)C1OC(Br)C(C)C(OC(C)=O)C1OC(C)=O. The summed E-state index contributed by atoms with van der Waals surface area (Å²) in [6.07, 6.45) is -12.8. The molecule has 1 amide bonds. The van der Waals surface area contributed by atoms with Gasteiger partial charge in [0.05, 0.1) is 49.2 Å². The molecule has 2 aromatic carbocycles. The number of phenols is 2. The van der Waals surface area contributed by atoms with E-state index >= 15 is 0 Å². The molecular formula is C48H61BrF3NO18. The number of phenolic OH excluding ortho intramolecular Hbond substituents is 2. The van der Waals surface area contributed by atoms with E-state index in [9.17, 15) is 67.2 Å². The van der Waals surface area contributed by atoms with Crippen LogP contribution in [0.4, 0.5) is 13.2 Å². The number of hydrogen-bond donors (Lipinski definition) is 5. The number of aliphatic hydroxyl groups is 2. The minimum atomic E-state index is -5.25. The number of unbranched alkanes of at least 4 members (excludes halogenated alkanes) is 3. The highest BCUT2D eigenvalue weighted by Crippen LogP contribution is 2.53. The Morgan fingerprint density at radius 2 is 1.52 bits per heavy atom. The van der Waals surface area contributed by atoms with Crippen LogP contribution < -0.4 is 10.1 Å². The van der Waals surface area contributed by atoms with Gasteiger partial charge in [0.1, 0.15) is 40.1 Å². The van der Waals surface area contributed by atoms with Crippen molar-refractivity contribution in [3.05, 3.63) is 51.6 Å². The largest absolute Gasteiger partial charge is 0.507 e. The molecule has 0 spiro atoms. The highest BCUT2D eigenvalue weighted by atomic mass is 79.9. The fourth-order valence-corrected chi connectivity index (χ4v) is 9.39. The number of ketones is 3. The molecule has 4 aliphatic rings. The Labute approximate surface area is 416 Å². The van der Waals surface area contributed by atoms with E-state index in [1.807, 2.05) is 20.8 Å². The number of halogens is 4. The molecule has 2 aliphatic heterocycles. The summed E-state index contributed by atoms with van der Waals surface area (Å²) in [5.41, 5.74) is -4.05. The van der Waals surface area contributed by atoms with Crippen molar-refractivity contribution < 1.29 is 100 Å². The first-order valence-corrected chi connectivity index (χ1v) is 23.9. The van der Waals surface area contributed by atoms with Crippen molar-refractivity contribution >= 4 is 57.1 Å². The molecule has 23 heteroatoms. The van der Waals surface area contributed by atoms with E-state index < -0.39 is 149 Å². The number of esters is 3. The molecule has 2 aromatic rings. The first-order chi connectivity index (χ1) is 33.3. The van der Waals surface area contributed by atoms with E-state index in [1.54, 1.807) is 12.2 Å². The zero-order valence-corrected chi connectivity index (χ0v) is 42.3. The van der Waals surface area contributed by atoms with E-state index in [2.05, 4.69) is 20.7 Å². The molecule has 6 rings (SSSR count). The lowest BCUT2D eigenvalue weighted by atomic mass is 9.71. The van der Waals surface area contributed by atoms with Gasteiger partial charge < -0.3 is 58.9 Å². The second-order valence-electron chi connectivity index (χ2n) is 17.2. The number of carbonyl (C=O) groups is 7. The summed E-state index contributed by atoms with van der Waals surface area (Å²) < 4.78 is 76.5. The monoisotopic (exact) mass is 1080 g/mol. The Hall–Kier alpha value is -5.20. The Morgan fingerprint density at radius 1 is 0.901 bits per heavy atom. The lowest BCUT2D eigenvalue weighted by molar-refractivity contribution is -0.250. The van der Waals surface area contributed by atoms with E-state index in [-0.39, 0.29) is 40.3 Å². The Balaban J connectivity index is 0.000000417. The lowest BCUT2D eigenvalue weighted by Gasteiger charge is -2.43.